The van der Waals surface area contributed by atoms with Gasteiger partial charge in [-0.05, 0) is 38.2 Å². The zero-order valence-electron chi connectivity index (χ0n) is 18.3. The number of aliphatic hydroxyl groups excluding tert-OH is 1. The van der Waals surface area contributed by atoms with E-state index in [0.29, 0.717) is 30.4 Å². The van der Waals surface area contributed by atoms with Crippen LogP contribution in [0.4, 0.5) is 0 Å². The SMILES string of the molecule is CC(=O)C1CC(=O)C2(C)C3=C(C(=O)CC12C)C1(C)CCC(=O)C(C)(C)C1CC3O. The monoisotopic (exact) mass is 400 g/mol. The zero-order chi connectivity index (χ0) is 21.7. The lowest BCUT2D eigenvalue weighted by atomic mass is 9.43. The highest BCUT2D eigenvalue weighted by molar-refractivity contribution is 6.07. The summed E-state index contributed by atoms with van der Waals surface area (Å²) in [4.78, 5) is 52.0. The molecule has 0 bridgehead atoms. The Kier molecular flexibility index (Phi) is 4.09. The Bertz CT molecular complexity index is 895. The maximum Gasteiger partial charge on any atom is 0.160 e. The molecule has 0 aromatic carbocycles. The number of rotatable bonds is 1. The average molecular weight is 401 g/mol. The third-order valence-corrected chi connectivity index (χ3v) is 9.56. The molecule has 0 saturated heterocycles. The molecule has 4 aliphatic carbocycles. The summed E-state index contributed by atoms with van der Waals surface area (Å²) in [6, 6.07) is 0. The van der Waals surface area contributed by atoms with Gasteiger partial charge in [-0.15, -0.1) is 0 Å². The first kappa shape index (κ1) is 20.6. The molecule has 6 unspecified atom stereocenters. The molecule has 5 nitrogen and oxygen atoms in total. The fourth-order valence-electron chi connectivity index (χ4n) is 7.64. The molecule has 1 N–H and O–H groups in total. The molecule has 2 saturated carbocycles. The third kappa shape index (κ3) is 2.20. The van der Waals surface area contributed by atoms with Gasteiger partial charge in [0.2, 0.25) is 0 Å². The van der Waals surface area contributed by atoms with Gasteiger partial charge in [0, 0.05) is 47.0 Å². The summed E-state index contributed by atoms with van der Waals surface area (Å²) in [5.74, 6) is -0.656. The van der Waals surface area contributed by atoms with Crippen LogP contribution in [0.5, 0.6) is 0 Å². The van der Waals surface area contributed by atoms with Crippen molar-refractivity contribution in [2.45, 2.75) is 79.8 Å². The van der Waals surface area contributed by atoms with Gasteiger partial charge in [0.15, 0.2) is 5.78 Å². The van der Waals surface area contributed by atoms with Gasteiger partial charge in [0.1, 0.15) is 17.3 Å². The fourth-order valence-corrected chi connectivity index (χ4v) is 7.64. The van der Waals surface area contributed by atoms with Crippen LogP contribution in [-0.2, 0) is 19.2 Å². The first-order valence-electron chi connectivity index (χ1n) is 10.8. The van der Waals surface area contributed by atoms with E-state index in [4.69, 9.17) is 0 Å². The molecule has 0 amide bonds. The van der Waals surface area contributed by atoms with Gasteiger partial charge in [-0.1, -0.05) is 27.7 Å². The summed E-state index contributed by atoms with van der Waals surface area (Å²) in [5.41, 5.74) is -1.87. The zero-order valence-corrected chi connectivity index (χ0v) is 18.3. The highest BCUT2D eigenvalue weighted by Gasteiger charge is 2.70. The van der Waals surface area contributed by atoms with Crippen LogP contribution in [0, 0.1) is 33.5 Å². The summed E-state index contributed by atoms with van der Waals surface area (Å²) in [5, 5.41) is 11.3. The van der Waals surface area contributed by atoms with Gasteiger partial charge in [0.05, 0.1) is 11.5 Å². The number of aliphatic hydroxyl groups is 1. The highest BCUT2D eigenvalue weighted by atomic mass is 16.3. The number of fused-ring (bicyclic) bond motifs is 4. The van der Waals surface area contributed by atoms with Crippen LogP contribution < -0.4 is 0 Å². The molecule has 0 radical (unpaired) electrons. The van der Waals surface area contributed by atoms with Crippen molar-refractivity contribution in [3.05, 3.63) is 11.1 Å². The van der Waals surface area contributed by atoms with Crippen molar-refractivity contribution < 1.29 is 24.3 Å². The Balaban J connectivity index is 1.99. The molecule has 4 aliphatic rings. The Morgan fingerprint density at radius 3 is 2.24 bits per heavy atom. The Hall–Kier alpha value is -1.62. The lowest BCUT2D eigenvalue weighted by Gasteiger charge is -2.59. The number of carbonyl (C=O) groups excluding carboxylic acids is 4. The van der Waals surface area contributed by atoms with Crippen molar-refractivity contribution in [1.29, 1.82) is 0 Å². The minimum atomic E-state index is -1.02. The van der Waals surface area contributed by atoms with Gasteiger partial charge in [-0.3, -0.25) is 19.2 Å². The van der Waals surface area contributed by atoms with Gasteiger partial charge in [0.25, 0.3) is 0 Å². The first-order valence-corrected chi connectivity index (χ1v) is 10.8. The van der Waals surface area contributed by atoms with E-state index in [1.807, 2.05) is 34.6 Å². The molecule has 4 rings (SSSR count). The standard InChI is InChI=1S/C24H32O5/c1-12(25)13-9-18(29)24(6)20-14(26)10-16-21(2,3)17(28)7-8-22(16,4)19(20)15(27)11-23(13,24)5/h13-14,16,26H,7-11H2,1-6H3. The average Bonchev–Trinajstić information content (AvgIpc) is 2.81. The molecule has 5 heteroatoms. The van der Waals surface area contributed by atoms with E-state index < -0.39 is 33.7 Å². The van der Waals surface area contributed by atoms with Gasteiger partial charge < -0.3 is 5.11 Å². The highest BCUT2D eigenvalue weighted by Crippen LogP contribution is 2.69. The molecule has 2 fully saturated rings. The second kappa shape index (κ2) is 5.75. The van der Waals surface area contributed by atoms with E-state index in [-0.39, 0.29) is 41.9 Å². The predicted octanol–water partition coefficient (Wildman–Crippen LogP) is 3.22. The summed E-state index contributed by atoms with van der Waals surface area (Å²) in [6.07, 6.45) is 0.652. The van der Waals surface area contributed by atoms with E-state index >= 15 is 0 Å². The Morgan fingerprint density at radius 2 is 1.66 bits per heavy atom. The fraction of sp³-hybridized carbons (Fsp3) is 0.750. The lowest BCUT2D eigenvalue weighted by Crippen LogP contribution is -2.60. The quantitative estimate of drug-likeness (QED) is 0.730. The molecule has 29 heavy (non-hydrogen) atoms. The molecular weight excluding hydrogens is 368 g/mol. The van der Waals surface area contributed by atoms with Crippen molar-refractivity contribution >= 4 is 23.1 Å². The van der Waals surface area contributed by atoms with Gasteiger partial charge in [-0.2, -0.15) is 0 Å². The van der Waals surface area contributed by atoms with E-state index in [1.165, 1.54) is 6.92 Å². The van der Waals surface area contributed by atoms with Crippen LogP contribution in [0.2, 0.25) is 0 Å². The van der Waals surface area contributed by atoms with Gasteiger partial charge >= 0.3 is 0 Å². The lowest BCUT2D eigenvalue weighted by molar-refractivity contribution is -0.147. The molecular formula is C24H32O5. The minimum absolute atomic E-state index is 0.0487. The van der Waals surface area contributed by atoms with Crippen molar-refractivity contribution in [2.75, 3.05) is 0 Å². The maximum atomic E-state index is 13.6. The molecule has 158 valence electrons. The molecule has 0 heterocycles. The van der Waals surface area contributed by atoms with Crippen LogP contribution in [0.15, 0.2) is 11.1 Å². The molecule has 6 atom stereocenters. The molecule has 0 aromatic heterocycles. The topological polar surface area (TPSA) is 88.5 Å². The number of hydrogen-bond donors (Lipinski definition) is 1. The number of allylic oxidation sites excluding steroid dienone is 1. The third-order valence-electron chi connectivity index (χ3n) is 9.56. The first-order chi connectivity index (χ1) is 13.2. The maximum absolute atomic E-state index is 13.6. The molecule has 0 aromatic rings. The summed E-state index contributed by atoms with van der Waals surface area (Å²) < 4.78 is 0. The predicted molar refractivity (Wildman–Crippen MR) is 107 cm³/mol. The summed E-state index contributed by atoms with van der Waals surface area (Å²) >= 11 is 0. The number of ketones is 4. The molecule has 0 spiro atoms. The minimum Gasteiger partial charge on any atom is -0.389 e. The summed E-state index contributed by atoms with van der Waals surface area (Å²) in [7, 11) is 0. The second-order valence-electron chi connectivity index (χ2n) is 11.1. The van der Waals surface area contributed by atoms with E-state index in [0.717, 1.165) is 0 Å². The van der Waals surface area contributed by atoms with Crippen LogP contribution in [0.25, 0.3) is 0 Å². The number of hydrogen-bond acceptors (Lipinski definition) is 5. The van der Waals surface area contributed by atoms with Crippen molar-refractivity contribution in [3.63, 3.8) is 0 Å². The Morgan fingerprint density at radius 1 is 1.03 bits per heavy atom. The van der Waals surface area contributed by atoms with E-state index in [9.17, 15) is 24.3 Å². The van der Waals surface area contributed by atoms with Crippen LogP contribution >= 0.6 is 0 Å². The summed E-state index contributed by atoms with van der Waals surface area (Å²) in [6.45, 7) is 11.1. The number of carbonyl (C=O) groups is 4. The van der Waals surface area contributed by atoms with Crippen molar-refractivity contribution in [3.8, 4) is 0 Å². The number of Topliss-reactive ketones (excluding diaryl/α,β-unsaturated/α-hetero) is 4. The van der Waals surface area contributed by atoms with E-state index in [2.05, 4.69) is 0 Å². The van der Waals surface area contributed by atoms with Crippen LogP contribution in [0.1, 0.15) is 73.6 Å². The normalized spacial score (nSPS) is 46.3. The van der Waals surface area contributed by atoms with Crippen molar-refractivity contribution in [2.24, 2.45) is 33.5 Å². The second-order valence-corrected chi connectivity index (χ2v) is 11.1. The Labute approximate surface area is 172 Å². The van der Waals surface area contributed by atoms with Crippen molar-refractivity contribution in [1.82, 2.24) is 0 Å². The van der Waals surface area contributed by atoms with Gasteiger partial charge in [-0.25, -0.2) is 0 Å². The smallest absolute Gasteiger partial charge is 0.160 e. The van der Waals surface area contributed by atoms with Crippen LogP contribution in [-0.4, -0.2) is 34.3 Å². The molecule has 0 aliphatic heterocycles. The van der Waals surface area contributed by atoms with E-state index in [1.54, 1.807) is 0 Å². The largest absolute Gasteiger partial charge is 0.389 e. The van der Waals surface area contributed by atoms with Crippen LogP contribution in [0.3, 0.4) is 0 Å².